The number of amides is 1. The number of benzene rings is 1. The van der Waals surface area contributed by atoms with Crippen LogP contribution in [0.15, 0.2) is 30.3 Å². The van der Waals surface area contributed by atoms with Gasteiger partial charge in [-0.1, -0.05) is 30.3 Å². The number of carbonyl (C=O) groups is 1. The first-order valence-electron chi connectivity index (χ1n) is 6.25. The molecule has 2 rings (SSSR count). The Morgan fingerprint density at radius 3 is 2.56 bits per heavy atom. The van der Waals surface area contributed by atoms with Crippen LogP contribution in [-0.4, -0.2) is 49.2 Å². The van der Waals surface area contributed by atoms with Crippen LogP contribution in [0.25, 0.3) is 0 Å². The van der Waals surface area contributed by atoms with Crippen molar-refractivity contribution < 1.29 is 14.1 Å². The van der Waals surface area contributed by atoms with Crippen LogP contribution in [0.4, 0.5) is 0 Å². The highest BCUT2D eigenvalue weighted by Crippen LogP contribution is 2.19. The summed E-state index contributed by atoms with van der Waals surface area (Å²) in [6.45, 7) is 1.38. The molecule has 1 aromatic rings. The van der Waals surface area contributed by atoms with Crippen LogP contribution in [-0.2, 0) is 16.2 Å². The predicted octanol–water partition coefficient (Wildman–Crippen LogP) is 1.43. The summed E-state index contributed by atoms with van der Waals surface area (Å²) in [4.78, 5) is 17.6. The van der Waals surface area contributed by atoms with E-state index in [1.54, 1.807) is 0 Å². The van der Waals surface area contributed by atoms with Crippen molar-refractivity contribution in [1.29, 1.82) is 0 Å². The molecule has 1 amide bonds. The molecule has 0 N–H and O–H groups in total. The molecule has 1 unspecified atom stereocenters. The number of hydrogen-bond donors (Lipinski definition) is 0. The van der Waals surface area contributed by atoms with Gasteiger partial charge >= 0.3 is 0 Å². The van der Waals surface area contributed by atoms with Gasteiger partial charge in [0.25, 0.3) is 0 Å². The molecule has 1 aromatic carbocycles. The molecule has 4 nitrogen and oxygen atoms in total. The highest BCUT2D eigenvalue weighted by molar-refractivity contribution is 5.77. The van der Waals surface area contributed by atoms with E-state index >= 15 is 0 Å². The minimum absolute atomic E-state index is 0.00112. The molecule has 1 saturated heterocycles. The molecule has 0 bridgehead atoms. The molecule has 0 radical (unpaired) electrons. The third-order valence-electron chi connectivity index (χ3n) is 2.88. The smallest absolute Gasteiger partial charge is 0.249 e. The lowest BCUT2D eigenvalue weighted by molar-refractivity contribution is -0.873. The quantitative estimate of drug-likeness (QED) is 0.755. The van der Waals surface area contributed by atoms with Crippen LogP contribution >= 0.6 is 0 Å². The summed E-state index contributed by atoms with van der Waals surface area (Å²) in [7, 11) is 6.31. The monoisotopic (exact) mass is 249 g/mol. The van der Waals surface area contributed by atoms with Gasteiger partial charge in [-0.15, -0.1) is 0 Å². The summed E-state index contributed by atoms with van der Waals surface area (Å²) in [5.74, 6) is 0.0808. The van der Waals surface area contributed by atoms with Gasteiger partial charge in [0, 0.05) is 0 Å². The zero-order chi connectivity index (χ0) is 13.2. The Kier molecular flexibility index (Phi) is 3.68. The third-order valence-corrected chi connectivity index (χ3v) is 2.88. The molecule has 0 spiro atoms. The van der Waals surface area contributed by atoms with Crippen LogP contribution in [0.2, 0.25) is 0 Å². The minimum Gasteiger partial charge on any atom is -0.329 e. The van der Waals surface area contributed by atoms with Crippen molar-refractivity contribution >= 4 is 5.91 Å². The zero-order valence-corrected chi connectivity index (χ0v) is 11.3. The second-order valence-electron chi connectivity index (χ2n) is 5.82. The molecule has 4 heteroatoms. The Balaban J connectivity index is 1.94. The fourth-order valence-corrected chi connectivity index (χ4v) is 2.16. The molecule has 98 valence electrons. The minimum atomic E-state index is 0.00112. The van der Waals surface area contributed by atoms with Crippen molar-refractivity contribution in [3.8, 4) is 0 Å². The number of nitrogens with zero attached hydrogens (tertiary/aromatic N) is 2. The molecule has 0 aromatic heterocycles. The summed E-state index contributed by atoms with van der Waals surface area (Å²) in [5.41, 5.74) is 1.09. The number of likely N-dealkylation sites (N-methyl/N-ethyl adjacent to an activating group) is 1. The van der Waals surface area contributed by atoms with Gasteiger partial charge in [-0.25, -0.2) is 5.06 Å². The van der Waals surface area contributed by atoms with Crippen molar-refractivity contribution in [3.05, 3.63) is 35.9 Å². The van der Waals surface area contributed by atoms with Crippen molar-refractivity contribution in [2.45, 2.75) is 19.1 Å². The Morgan fingerprint density at radius 1 is 1.28 bits per heavy atom. The van der Waals surface area contributed by atoms with Gasteiger partial charge in [-0.3, -0.25) is 9.63 Å². The van der Waals surface area contributed by atoms with E-state index in [4.69, 9.17) is 4.84 Å². The maximum atomic E-state index is 11.9. The van der Waals surface area contributed by atoms with Crippen molar-refractivity contribution in [3.63, 3.8) is 0 Å². The van der Waals surface area contributed by atoms with Crippen LogP contribution < -0.4 is 0 Å². The van der Waals surface area contributed by atoms with Crippen molar-refractivity contribution in [2.75, 3.05) is 27.7 Å². The molecule has 1 aliphatic rings. The summed E-state index contributed by atoms with van der Waals surface area (Å²) in [5, 5.41) is 1.50. The standard InChI is InChI=1S/C14H21N2O2/c1-16(2,3)11-13-9-14(17)15(18-13)10-12-7-5-4-6-8-12/h4-8,13H,9-11H2,1-3H3/q+1. The zero-order valence-electron chi connectivity index (χ0n) is 11.3. The predicted molar refractivity (Wildman–Crippen MR) is 69.4 cm³/mol. The SMILES string of the molecule is C[N+](C)(C)CC1CC(=O)N(Cc2ccccc2)O1. The van der Waals surface area contributed by atoms with Crippen LogP contribution in [0.5, 0.6) is 0 Å². The van der Waals surface area contributed by atoms with Crippen LogP contribution in [0.3, 0.4) is 0 Å². The van der Waals surface area contributed by atoms with Gasteiger partial charge < -0.3 is 4.48 Å². The number of rotatable bonds is 4. The average Bonchev–Trinajstić information content (AvgIpc) is 2.58. The molecule has 1 aliphatic heterocycles. The van der Waals surface area contributed by atoms with E-state index in [9.17, 15) is 4.79 Å². The summed E-state index contributed by atoms with van der Waals surface area (Å²) < 4.78 is 0.803. The Labute approximate surface area is 108 Å². The first kappa shape index (κ1) is 13.1. The molecule has 1 heterocycles. The summed E-state index contributed by atoms with van der Waals surface area (Å²) in [6.07, 6.45) is 0.490. The molecular weight excluding hydrogens is 228 g/mol. The Bertz CT molecular complexity index is 412. The number of quaternary nitrogens is 1. The highest BCUT2D eigenvalue weighted by atomic mass is 16.7. The lowest BCUT2D eigenvalue weighted by atomic mass is 10.2. The first-order chi connectivity index (χ1) is 8.44. The molecule has 1 fully saturated rings. The molecular formula is C14H21N2O2+. The molecule has 0 aliphatic carbocycles. The molecule has 1 atom stereocenters. The number of hydrogen-bond acceptors (Lipinski definition) is 2. The highest BCUT2D eigenvalue weighted by Gasteiger charge is 2.34. The summed E-state index contributed by atoms with van der Waals surface area (Å²) >= 11 is 0. The van der Waals surface area contributed by atoms with E-state index < -0.39 is 0 Å². The Hall–Kier alpha value is -1.39. The fourth-order valence-electron chi connectivity index (χ4n) is 2.16. The lowest BCUT2D eigenvalue weighted by Gasteiger charge is -2.26. The van der Waals surface area contributed by atoms with Gasteiger partial charge in [-0.2, -0.15) is 0 Å². The molecule has 18 heavy (non-hydrogen) atoms. The van der Waals surface area contributed by atoms with Gasteiger partial charge in [-0.05, 0) is 5.56 Å². The Morgan fingerprint density at radius 2 is 1.94 bits per heavy atom. The molecule has 0 saturated carbocycles. The lowest BCUT2D eigenvalue weighted by Crippen LogP contribution is -2.41. The maximum Gasteiger partial charge on any atom is 0.249 e. The fraction of sp³-hybridized carbons (Fsp3) is 0.500. The van der Waals surface area contributed by atoms with E-state index in [0.29, 0.717) is 13.0 Å². The third kappa shape index (κ3) is 3.55. The van der Waals surface area contributed by atoms with Gasteiger partial charge in [0.05, 0.1) is 34.1 Å². The largest absolute Gasteiger partial charge is 0.329 e. The van der Waals surface area contributed by atoms with Gasteiger partial charge in [0.2, 0.25) is 5.91 Å². The van der Waals surface area contributed by atoms with E-state index in [-0.39, 0.29) is 12.0 Å². The number of carbonyl (C=O) groups excluding carboxylic acids is 1. The van der Waals surface area contributed by atoms with Crippen molar-refractivity contribution in [2.24, 2.45) is 0 Å². The van der Waals surface area contributed by atoms with Crippen molar-refractivity contribution in [1.82, 2.24) is 5.06 Å². The van der Waals surface area contributed by atoms with E-state index in [1.807, 2.05) is 30.3 Å². The second kappa shape index (κ2) is 5.08. The average molecular weight is 249 g/mol. The van der Waals surface area contributed by atoms with E-state index in [0.717, 1.165) is 16.6 Å². The van der Waals surface area contributed by atoms with E-state index in [1.165, 1.54) is 5.06 Å². The second-order valence-corrected chi connectivity index (χ2v) is 5.82. The van der Waals surface area contributed by atoms with Gasteiger partial charge in [0.15, 0.2) is 0 Å². The van der Waals surface area contributed by atoms with E-state index in [2.05, 4.69) is 21.1 Å². The topological polar surface area (TPSA) is 29.5 Å². The maximum absolute atomic E-state index is 11.9. The number of hydroxylamine groups is 2. The first-order valence-corrected chi connectivity index (χ1v) is 6.25. The normalized spacial score (nSPS) is 20.5. The van der Waals surface area contributed by atoms with Gasteiger partial charge in [0.1, 0.15) is 12.6 Å². The van der Waals surface area contributed by atoms with Crippen LogP contribution in [0, 0.1) is 0 Å². The summed E-state index contributed by atoms with van der Waals surface area (Å²) in [6, 6.07) is 9.92. The van der Waals surface area contributed by atoms with Crippen LogP contribution in [0.1, 0.15) is 12.0 Å².